The first-order valence-corrected chi connectivity index (χ1v) is 8.14. The molecule has 1 amide bonds. The summed E-state index contributed by atoms with van der Waals surface area (Å²) >= 11 is 0. The second-order valence-electron chi connectivity index (χ2n) is 5.48. The number of carbonyl (C=O) groups is 2. The molecule has 0 bridgehead atoms. The minimum absolute atomic E-state index is 0.318. The van der Waals surface area contributed by atoms with Crippen molar-refractivity contribution in [1.29, 1.82) is 0 Å². The fourth-order valence-electron chi connectivity index (χ4n) is 2.54. The quantitative estimate of drug-likeness (QED) is 0.616. The van der Waals surface area contributed by atoms with Crippen LogP contribution >= 0.6 is 0 Å². The zero-order chi connectivity index (χ0) is 18.6. The van der Waals surface area contributed by atoms with Crippen LogP contribution in [0.1, 0.15) is 35.6 Å². The molecule has 0 spiro atoms. The molecule has 0 unspecified atom stereocenters. The van der Waals surface area contributed by atoms with Crippen molar-refractivity contribution in [2.24, 2.45) is 7.05 Å². The molecule has 0 aliphatic heterocycles. The molecule has 2 rings (SSSR count). The van der Waals surface area contributed by atoms with Crippen molar-refractivity contribution < 1.29 is 19.1 Å². The summed E-state index contributed by atoms with van der Waals surface area (Å²) in [6.07, 6.45) is 0. The number of carbonyl (C=O) groups excluding carboxylic acids is 2. The van der Waals surface area contributed by atoms with Crippen LogP contribution in [0.2, 0.25) is 0 Å². The van der Waals surface area contributed by atoms with Crippen molar-refractivity contribution in [2.75, 3.05) is 18.5 Å². The van der Waals surface area contributed by atoms with Gasteiger partial charge < -0.3 is 14.8 Å². The van der Waals surface area contributed by atoms with Crippen LogP contribution in [0.4, 0.5) is 5.69 Å². The highest BCUT2D eigenvalue weighted by atomic mass is 16.5. The van der Waals surface area contributed by atoms with Gasteiger partial charge in [-0.05, 0) is 39.8 Å². The highest BCUT2D eigenvalue weighted by Crippen LogP contribution is 2.29. The minimum atomic E-state index is -0.742. The first-order valence-electron chi connectivity index (χ1n) is 8.14. The van der Waals surface area contributed by atoms with Crippen molar-refractivity contribution in [3.8, 4) is 11.5 Å². The normalized spacial score (nSPS) is 10.4. The first kappa shape index (κ1) is 18.5. The van der Waals surface area contributed by atoms with Gasteiger partial charge in [-0.3, -0.25) is 14.3 Å². The van der Waals surface area contributed by atoms with Crippen LogP contribution in [-0.2, 0) is 11.8 Å². The molecule has 1 aromatic heterocycles. The van der Waals surface area contributed by atoms with E-state index < -0.39 is 11.7 Å². The number of amides is 1. The number of anilines is 1. The zero-order valence-corrected chi connectivity index (χ0v) is 15.2. The van der Waals surface area contributed by atoms with Crippen molar-refractivity contribution in [3.05, 3.63) is 35.2 Å². The topological polar surface area (TPSA) is 82.4 Å². The Labute approximate surface area is 146 Å². The number of aryl methyl sites for hydroxylation is 2. The first-order chi connectivity index (χ1) is 11.9. The summed E-state index contributed by atoms with van der Waals surface area (Å²) in [7, 11) is 1.73. The highest BCUT2D eigenvalue weighted by Gasteiger charge is 2.24. The summed E-state index contributed by atoms with van der Waals surface area (Å²) in [5, 5.41) is 6.80. The number of hydrogen-bond acceptors (Lipinski definition) is 5. The summed E-state index contributed by atoms with van der Waals surface area (Å²) < 4.78 is 12.5. The molecule has 0 fully saturated rings. The molecule has 0 saturated carbocycles. The van der Waals surface area contributed by atoms with Crippen LogP contribution in [0.5, 0.6) is 11.5 Å². The summed E-state index contributed by atoms with van der Waals surface area (Å²) in [4.78, 5) is 25.0. The van der Waals surface area contributed by atoms with E-state index in [4.69, 9.17) is 9.47 Å². The van der Waals surface area contributed by atoms with Gasteiger partial charge in [0.1, 0.15) is 11.5 Å². The Kier molecular flexibility index (Phi) is 5.80. The number of nitrogens with one attached hydrogen (secondary N) is 1. The Morgan fingerprint density at radius 2 is 1.84 bits per heavy atom. The minimum Gasteiger partial charge on any atom is -0.494 e. The Morgan fingerprint density at radius 3 is 2.40 bits per heavy atom. The van der Waals surface area contributed by atoms with Crippen molar-refractivity contribution in [2.45, 2.75) is 27.7 Å². The predicted octanol–water partition coefficient (Wildman–Crippen LogP) is 2.66. The highest BCUT2D eigenvalue weighted by molar-refractivity contribution is 6.47. The molecule has 1 aromatic carbocycles. The molecule has 7 heteroatoms. The van der Waals surface area contributed by atoms with Crippen LogP contribution in [0.25, 0.3) is 0 Å². The van der Waals surface area contributed by atoms with E-state index in [0.717, 1.165) is 0 Å². The molecular weight excluding hydrogens is 322 g/mol. The molecule has 0 atom stereocenters. The largest absolute Gasteiger partial charge is 0.494 e. The summed E-state index contributed by atoms with van der Waals surface area (Å²) in [6, 6.07) is 5.10. The lowest BCUT2D eigenvalue weighted by atomic mass is 10.1. The molecule has 0 radical (unpaired) electrons. The van der Waals surface area contributed by atoms with E-state index in [0.29, 0.717) is 47.4 Å². The van der Waals surface area contributed by atoms with Crippen LogP contribution in [0.15, 0.2) is 18.2 Å². The lowest BCUT2D eigenvalue weighted by molar-refractivity contribution is -0.112. The predicted molar refractivity (Wildman–Crippen MR) is 94.4 cm³/mol. The lowest BCUT2D eigenvalue weighted by Gasteiger charge is -2.13. The van der Waals surface area contributed by atoms with Gasteiger partial charge in [-0.15, -0.1) is 0 Å². The number of nitrogens with zero attached hydrogens (tertiary/aromatic N) is 2. The Bertz CT molecular complexity index is 796. The van der Waals surface area contributed by atoms with Gasteiger partial charge in [0.05, 0.1) is 30.2 Å². The smallest absolute Gasteiger partial charge is 0.297 e. The van der Waals surface area contributed by atoms with Gasteiger partial charge >= 0.3 is 0 Å². The molecule has 134 valence electrons. The van der Waals surface area contributed by atoms with Crippen molar-refractivity contribution in [3.63, 3.8) is 0 Å². The lowest BCUT2D eigenvalue weighted by Crippen LogP contribution is -2.24. The Balaban J connectivity index is 2.29. The number of ether oxygens (including phenoxy) is 2. The SMILES string of the molecule is CCOc1ccc(OCC)c(NC(=O)C(=O)c2c(C)nn(C)c2C)c1. The standard InChI is InChI=1S/C18H23N3O4/c1-6-24-13-8-9-15(25-7-2)14(10-13)19-18(23)17(22)16-11(3)20-21(5)12(16)4/h8-10H,6-7H2,1-5H3,(H,19,23). The fourth-order valence-corrected chi connectivity index (χ4v) is 2.54. The molecule has 2 aromatic rings. The number of rotatable bonds is 7. The van der Waals surface area contributed by atoms with E-state index in [1.807, 2.05) is 13.8 Å². The van der Waals surface area contributed by atoms with Crippen LogP contribution in [0.3, 0.4) is 0 Å². The number of aromatic nitrogens is 2. The summed E-state index contributed by atoms with van der Waals surface area (Å²) in [5.41, 5.74) is 1.88. The average molecular weight is 345 g/mol. The molecule has 25 heavy (non-hydrogen) atoms. The molecule has 0 saturated heterocycles. The molecule has 1 heterocycles. The summed E-state index contributed by atoms with van der Waals surface area (Å²) in [5.74, 6) is -0.310. The van der Waals surface area contributed by atoms with Gasteiger partial charge in [-0.25, -0.2) is 0 Å². The van der Waals surface area contributed by atoms with Gasteiger partial charge in [0.2, 0.25) is 0 Å². The van der Waals surface area contributed by atoms with E-state index in [1.54, 1.807) is 43.8 Å². The van der Waals surface area contributed by atoms with Crippen molar-refractivity contribution in [1.82, 2.24) is 9.78 Å². The number of benzene rings is 1. The van der Waals surface area contributed by atoms with Gasteiger partial charge in [0, 0.05) is 18.8 Å². The van der Waals surface area contributed by atoms with Gasteiger partial charge in [-0.2, -0.15) is 5.10 Å². The molecule has 0 aliphatic rings. The van der Waals surface area contributed by atoms with Crippen LogP contribution < -0.4 is 14.8 Å². The maximum atomic E-state index is 12.5. The third-order valence-electron chi connectivity index (χ3n) is 3.75. The second-order valence-corrected chi connectivity index (χ2v) is 5.48. The molecular formula is C18H23N3O4. The van der Waals surface area contributed by atoms with Gasteiger partial charge in [0.15, 0.2) is 0 Å². The second kappa shape index (κ2) is 7.83. The average Bonchev–Trinajstić information content (AvgIpc) is 2.82. The maximum Gasteiger partial charge on any atom is 0.297 e. The number of ketones is 1. The fraction of sp³-hybridized carbons (Fsp3) is 0.389. The van der Waals surface area contributed by atoms with Crippen LogP contribution in [-0.4, -0.2) is 34.7 Å². The molecule has 7 nitrogen and oxygen atoms in total. The van der Waals surface area contributed by atoms with E-state index in [9.17, 15) is 9.59 Å². The summed E-state index contributed by atoms with van der Waals surface area (Å²) in [6.45, 7) is 8.10. The Hall–Kier alpha value is -2.83. The van der Waals surface area contributed by atoms with Gasteiger partial charge in [-0.1, -0.05) is 0 Å². The van der Waals surface area contributed by atoms with Gasteiger partial charge in [0.25, 0.3) is 11.7 Å². The van der Waals surface area contributed by atoms with E-state index in [2.05, 4.69) is 10.4 Å². The van der Waals surface area contributed by atoms with E-state index in [1.165, 1.54) is 0 Å². The third kappa shape index (κ3) is 3.99. The number of Topliss-reactive ketones (excluding diaryl/α,β-unsaturated/α-hetero) is 1. The third-order valence-corrected chi connectivity index (χ3v) is 3.75. The molecule has 0 aliphatic carbocycles. The zero-order valence-electron chi connectivity index (χ0n) is 15.2. The monoisotopic (exact) mass is 345 g/mol. The van der Waals surface area contributed by atoms with E-state index >= 15 is 0 Å². The maximum absolute atomic E-state index is 12.5. The van der Waals surface area contributed by atoms with Crippen LogP contribution in [0, 0.1) is 13.8 Å². The Morgan fingerprint density at radius 1 is 1.16 bits per heavy atom. The van der Waals surface area contributed by atoms with E-state index in [-0.39, 0.29) is 0 Å². The molecule has 1 N–H and O–H groups in total. The van der Waals surface area contributed by atoms with Crippen molar-refractivity contribution >= 4 is 17.4 Å². The number of hydrogen-bond donors (Lipinski definition) is 1.